The first kappa shape index (κ1) is 36.8. The fourth-order valence-electron chi connectivity index (χ4n) is 4.76. The van der Waals surface area contributed by atoms with E-state index in [2.05, 4.69) is 29.6 Å². The fraction of sp³-hybridized carbons (Fsp3) is 0.767. The molecule has 0 fully saturated rings. The highest BCUT2D eigenvalue weighted by atomic mass is 16.4. The molecule has 2 atom stereocenters. The molecule has 0 bridgehead atoms. The average Bonchev–Trinajstić information content (AvgIpc) is 2.80. The molecule has 0 aromatic rings. The molecule has 9 nitrogen and oxygen atoms in total. The molecule has 0 rings (SSSR count). The molecular formula is C30H56N3O6+. The van der Waals surface area contributed by atoms with Crippen LogP contribution in [-0.2, 0) is 14.4 Å². The maximum absolute atomic E-state index is 11.2. The number of nitrogens with one attached hydrogen (secondary N) is 1. The predicted octanol–water partition coefficient (Wildman–Crippen LogP) is 4.39. The minimum Gasteiger partial charge on any atom is -0.481 e. The number of unbranched alkanes of at least 4 members (excludes halogenated alkanes) is 9. The lowest BCUT2D eigenvalue weighted by Crippen LogP contribution is -2.50. The third-order valence-corrected chi connectivity index (χ3v) is 6.53. The van der Waals surface area contributed by atoms with Gasteiger partial charge in [0.2, 0.25) is 5.91 Å². The van der Waals surface area contributed by atoms with Gasteiger partial charge in [0.1, 0.15) is 18.2 Å². The molecule has 6 N–H and O–H groups in total. The van der Waals surface area contributed by atoms with Gasteiger partial charge in [-0.2, -0.15) is 0 Å². The lowest BCUT2D eigenvalue weighted by atomic mass is 9.91. The van der Waals surface area contributed by atoms with Crippen molar-refractivity contribution < 1.29 is 34.2 Å². The number of allylic oxidation sites excluding steroid dienone is 4. The summed E-state index contributed by atoms with van der Waals surface area (Å²) in [6.45, 7) is 1.06. The van der Waals surface area contributed by atoms with E-state index in [0.29, 0.717) is 24.0 Å². The molecule has 39 heavy (non-hydrogen) atoms. The van der Waals surface area contributed by atoms with Crippen LogP contribution in [-0.4, -0.2) is 83.5 Å². The van der Waals surface area contributed by atoms with E-state index in [4.69, 9.17) is 15.9 Å². The third-order valence-electron chi connectivity index (χ3n) is 6.53. The Labute approximate surface area is 236 Å². The van der Waals surface area contributed by atoms with Crippen LogP contribution in [0.15, 0.2) is 24.3 Å². The summed E-state index contributed by atoms with van der Waals surface area (Å²) in [6, 6.07) is -0.716. The molecule has 0 aliphatic carbocycles. The number of rotatable bonds is 26. The van der Waals surface area contributed by atoms with E-state index >= 15 is 0 Å². The van der Waals surface area contributed by atoms with Crippen LogP contribution in [0.25, 0.3) is 0 Å². The highest BCUT2D eigenvalue weighted by Crippen LogP contribution is 2.23. The zero-order valence-electron chi connectivity index (χ0n) is 24.7. The van der Waals surface area contributed by atoms with Crippen LogP contribution in [0.1, 0.15) is 103 Å². The van der Waals surface area contributed by atoms with E-state index in [1.54, 1.807) is 0 Å². The van der Waals surface area contributed by atoms with Crippen molar-refractivity contribution in [1.29, 1.82) is 0 Å². The topological polar surface area (TPSA) is 150 Å². The summed E-state index contributed by atoms with van der Waals surface area (Å²) in [7, 11) is 5.92. The Bertz CT molecular complexity index is 747. The van der Waals surface area contributed by atoms with Gasteiger partial charge in [0.05, 0.1) is 27.6 Å². The third kappa shape index (κ3) is 24.5. The van der Waals surface area contributed by atoms with Gasteiger partial charge in [-0.15, -0.1) is 0 Å². The van der Waals surface area contributed by atoms with Crippen molar-refractivity contribution in [2.75, 3.05) is 34.2 Å². The highest BCUT2D eigenvalue weighted by Gasteiger charge is 2.35. The van der Waals surface area contributed by atoms with Gasteiger partial charge in [0.25, 0.3) is 0 Å². The SMILES string of the molecule is C[N+](C)(C)CC(O)(CCCCCCCC/C=C\C/C=C\CCCCCN[C@@H](CCC(N)=O)C(=O)O)CC(=O)O. The summed E-state index contributed by atoms with van der Waals surface area (Å²) in [6.07, 6.45) is 22.0. The largest absolute Gasteiger partial charge is 0.481 e. The van der Waals surface area contributed by atoms with Crippen LogP contribution in [0.2, 0.25) is 0 Å². The van der Waals surface area contributed by atoms with Gasteiger partial charge in [0, 0.05) is 6.42 Å². The Morgan fingerprint density at radius 3 is 1.90 bits per heavy atom. The van der Waals surface area contributed by atoms with E-state index < -0.39 is 29.5 Å². The number of aliphatic carboxylic acids is 2. The highest BCUT2D eigenvalue weighted by molar-refractivity contribution is 5.77. The Kier molecular flexibility index (Phi) is 20.3. The molecule has 0 aromatic heterocycles. The monoisotopic (exact) mass is 554 g/mol. The Hall–Kier alpha value is -2.23. The molecule has 0 spiro atoms. The van der Waals surface area contributed by atoms with Crippen molar-refractivity contribution in [1.82, 2.24) is 5.32 Å². The number of carboxylic acid groups (broad SMARTS) is 2. The summed E-state index contributed by atoms with van der Waals surface area (Å²) in [4.78, 5) is 33.1. The predicted molar refractivity (Wildman–Crippen MR) is 156 cm³/mol. The smallest absolute Gasteiger partial charge is 0.320 e. The van der Waals surface area contributed by atoms with E-state index in [1.165, 1.54) is 19.3 Å². The van der Waals surface area contributed by atoms with E-state index in [-0.39, 0.29) is 19.3 Å². The zero-order chi connectivity index (χ0) is 29.6. The van der Waals surface area contributed by atoms with Crippen molar-refractivity contribution in [2.24, 2.45) is 5.73 Å². The Balaban J connectivity index is 3.71. The van der Waals surface area contributed by atoms with Gasteiger partial charge < -0.3 is 30.9 Å². The molecule has 0 aromatic carbocycles. The molecular weight excluding hydrogens is 498 g/mol. The van der Waals surface area contributed by atoms with Crippen LogP contribution in [0, 0.1) is 0 Å². The summed E-state index contributed by atoms with van der Waals surface area (Å²) >= 11 is 0. The van der Waals surface area contributed by atoms with Crippen molar-refractivity contribution in [3.63, 3.8) is 0 Å². The van der Waals surface area contributed by atoms with Crippen LogP contribution in [0.5, 0.6) is 0 Å². The molecule has 9 heteroatoms. The molecule has 1 unspecified atom stereocenters. The van der Waals surface area contributed by atoms with E-state index in [1.807, 2.05) is 21.1 Å². The van der Waals surface area contributed by atoms with E-state index in [0.717, 1.165) is 57.8 Å². The lowest BCUT2D eigenvalue weighted by Gasteiger charge is -2.34. The van der Waals surface area contributed by atoms with Crippen LogP contribution in [0.4, 0.5) is 0 Å². The maximum atomic E-state index is 11.2. The molecule has 1 amide bonds. The number of quaternary nitrogens is 1. The normalized spacial score (nSPS) is 14.6. The Morgan fingerprint density at radius 2 is 1.38 bits per heavy atom. The molecule has 0 saturated heterocycles. The second-order valence-electron chi connectivity index (χ2n) is 11.8. The number of likely N-dealkylation sites (N-methyl/N-ethyl adjacent to an activating group) is 1. The number of nitrogens with two attached hydrogens (primary N) is 1. The van der Waals surface area contributed by atoms with Gasteiger partial charge in [-0.3, -0.25) is 14.4 Å². The maximum Gasteiger partial charge on any atom is 0.320 e. The van der Waals surface area contributed by atoms with Crippen molar-refractivity contribution in [3.05, 3.63) is 24.3 Å². The summed E-state index contributed by atoms with van der Waals surface area (Å²) < 4.78 is 0.547. The Morgan fingerprint density at radius 1 is 0.846 bits per heavy atom. The summed E-state index contributed by atoms with van der Waals surface area (Å²) in [5.41, 5.74) is 3.95. The van der Waals surface area contributed by atoms with Crippen molar-refractivity contribution >= 4 is 17.8 Å². The number of carbonyl (C=O) groups excluding carboxylic acids is 1. The number of nitrogens with zero attached hydrogens (tertiary/aromatic N) is 1. The standard InChI is InChI=1S/C30H55N3O6/c1-33(2,3)25-30(39,24-28(35)36)22-18-16-14-12-10-8-6-4-5-7-9-11-13-15-17-19-23-32-26(29(37)38)20-21-27(31)34/h4-5,9,11,26,32,39H,6-8,10,12-25H2,1-3H3,(H3-,31,34,35,36,37,38)/p+1/b5-4-,11-9-/t26-,30?/m0/s1. The van der Waals surface area contributed by atoms with Gasteiger partial charge in [-0.25, -0.2) is 0 Å². The number of amides is 1. The zero-order valence-corrected chi connectivity index (χ0v) is 24.7. The van der Waals surface area contributed by atoms with Gasteiger partial charge in [-0.1, -0.05) is 62.8 Å². The number of carboxylic acids is 2. The first-order valence-corrected chi connectivity index (χ1v) is 14.6. The first-order chi connectivity index (χ1) is 18.3. The van der Waals surface area contributed by atoms with Gasteiger partial charge in [-0.05, 0) is 57.9 Å². The van der Waals surface area contributed by atoms with Crippen molar-refractivity contribution in [2.45, 2.75) is 114 Å². The number of aliphatic hydroxyl groups is 1. The fourth-order valence-corrected chi connectivity index (χ4v) is 4.76. The molecule has 226 valence electrons. The first-order valence-electron chi connectivity index (χ1n) is 14.6. The van der Waals surface area contributed by atoms with Crippen LogP contribution >= 0.6 is 0 Å². The lowest BCUT2D eigenvalue weighted by molar-refractivity contribution is -0.877. The van der Waals surface area contributed by atoms with Gasteiger partial charge in [0.15, 0.2) is 0 Å². The average molecular weight is 555 g/mol. The number of carbonyl (C=O) groups is 3. The number of hydrogen-bond donors (Lipinski definition) is 5. The number of hydrogen-bond acceptors (Lipinski definition) is 5. The molecule has 0 heterocycles. The second kappa shape index (κ2) is 21.6. The minimum absolute atomic E-state index is 0.0758. The van der Waals surface area contributed by atoms with Crippen molar-refractivity contribution in [3.8, 4) is 0 Å². The van der Waals surface area contributed by atoms with Gasteiger partial charge >= 0.3 is 11.9 Å². The number of primary amides is 1. The molecule has 0 saturated carbocycles. The van der Waals surface area contributed by atoms with Crippen LogP contribution in [0.3, 0.4) is 0 Å². The van der Waals surface area contributed by atoms with Crippen LogP contribution < -0.4 is 11.1 Å². The molecule has 0 aliphatic heterocycles. The molecule has 0 aliphatic rings. The summed E-state index contributed by atoms with van der Waals surface area (Å²) in [5.74, 6) is -2.37. The second-order valence-corrected chi connectivity index (χ2v) is 11.8. The quantitative estimate of drug-likeness (QED) is 0.0604. The molecule has 0 radical (unpaired) electrons. The summed E-state index contributed by atoms with van der Waals surface area (Å²) in [5, 5.41) is 32.1. The van der Waals surface area contributed by atoms with E-state index in [9.17, 15) is 19.5 Å². The minimum atomic E-state index is -1.14.